The summed E-state index contributed by atoms with van der Waals surface area (Å²) in [4.78, 5) is 13.5. The molecule has 0 N–H and O–H groups in total. The zero-order valence-corrected chi connectivity index (χ0v) is 9.38. The highest BCUT2D eigenvalue weighted by Gasteiger charge is 2.10. The van der Waals surface area contributed by atoms with E-state index in [4.69, 9.17) is 0 Å². The average molecular weight is 209 g/mol. The number of rotatable bonds is 5. The zero-order chi connectivity index (χ0) is 10.6. The fourth-order valence-corrected chi connectivity index (χ4v) is 2.01. The molecule has 2 nitrogen and oxygen atoms in total. The highest BCUT2D eigenvalue weighted by molar-refractivity contribution is 7.12. The summed E-state index contributed by atoms with van der Waals surface area (Å²) in [6.07, 6.45) is 2.76. The molecule has 0 aliphatic heterocycles. The van der Waals surface area contributed by atoms with E-state index >= 15 is 0 Å². The number of nitrogens with zero attached hydrogens (tertiary/aromatic N) is 1. The summed E-state index contributed by atoms with van der Waals surface area (Å²) in [5, 5.41) is 2.01. The molecule has 0 unspecified atom stereocenters. The number of carbonyl (C=O) groups excluding carboxylic acids is 1. The van der Waals surface area contributed by atoms with E-state index in [9.17, 15) is 4.79 Å². The van der Waals surface area contributed by atoms with Crippen LogP contribution in [0.3, 0.4) is 0 Å². The van der Waals surface area contributed by atoms with Gasteiger partial charge in [0.05, 0.1) is 4.88 Å². The first kappa shape index (κ1) is 11.0. The minimum atomic E-state index is 0.419. The highest BCUT2D eigenvalue weighted by atomic mass is 32.1. The van der Waals surface area contributed by atoms with Crippen LogP contribution in [0.5, 0.6) is 0 Å². The van der Waals surface area contributed by atoms with Crippen molar-refractivity contribution < 1.29 is 4.79 Å². The van der Waals surface area contributed by atoms with Crippen LogP contribution in [0.4, 0.5) is 5.69 Å². The van der Waals surface area contributed by atoms with E-state index < -0.39 is 0 Å². The molecule has 0 saturated carbocycles. The van der Waals surface area contributed by atoms with Gasteiger partial charge in [0.25, 0.3) is 0 Å². The predicted molar refractivity (Wildman–Crippen MR) is 62.4 cm³/mol. The van der Waals surface area contributed by atoms with Crippen LogP contribution in [-0.2, 0) is 0 Å². The number of hydrogen-bond donors (Lipinski definition) is 0. The maximum absolute atomic E-state index is 10.5. The van der Waals surface area contributed by atoms with Crippen LogP contribution in [-0.4, -0.2) is 18.9 Å². The van der Waals surface area contributed by atoms with Gasteiger partial charge in [-0.05, 0) is 19.9 Å². The lowest BCUT2D eigenvalue weighted by molar-refractivity contribution is 0.112. The Kier molecular flexibility index (Phi) is 3.89. The summed E-state index contributed by atoms with van der Waals surface area (Å²) >= 11 is 1.48. The molecule has 1 heterocycles. The van der Waals surface area contributed by atoms with Crippen molar-refractivity contribution in [3.63, 3.8) is 0 Å². The van der Waals surface area contributed by atoms with Gasteiger partial charge < -0.3 is 4.90 Å². The van der Waals surface area contributed by atoms with Crippen molar-refractivity contribution in [2.45, 2.75) is 19.9 Å². The third kappa shape index (κ3) is 2.45. The lowest BCUT2D eigenvalue weighted by atomic mass is 10.3. The quantitative estimate of drug-likeness (QED) is 0.549. The summed E-state index contributed by atoms with van der Waals surface area (Å²) in [5.41, 5.74) is 1.10. The SMILES string of the molecule is C=CCN(c1csc(C=O)c1)C(C)C. The molecule has 0 fully saturated rings. The van der Waals surface area contributed by atoms with Crippen molar-refractivity contribution in [2.24, 2.45) is 0 Å². The van der Waals surface area contributed by atoms with Crippen molar-refractivity contribution in [2.75, 3.05) is 11.4 Å². The van der Waals surface area contributed by atoms with Gasteiger partial charge in [-0.1, -0.05) is 6.08 Å². The van der Waals surface area contributed by atoms with Gasteiger partial charge in [0.1, 0.15) is 0 Å². The Morgan fingerprint density at radius 3 is 2.79 bits per heavy atom. The first-order valence-corrected chi connectivity index (χ1v) is 5.48. The Hall–Kier alpha value is -1.09. The second-order valence-corrected chi connectivity index (χ2v) is 4.30. The third-order valence-corrected chi connectivity index (χ3v) is 2.85. The molecule has 0 bridgehead atoms. The molecule has 14 heavy (non-hydrogen) atoms. The lowest BCUT2D eigenvalue weighted by Crippen LogP contribution is -2.30. The Bertz CT molecular complexity index is 317. The number of aldehydes is 1. The molecule has 0 radical (unpaired) electrons. The molecule has 76 valence electrons. The Morgan fingerprint density at radius 2 is 2.36 bits per heavy atom. The Morgan fingerprint density at radius 1 is 1.64 bits per heavy atom. The van der Waals surface area contributed by atoms with Crippen LogP contribution in [0.25, 0.3) is 0 Å². The van der Waals surface area contributed by atoms with E-state index in [1.807, 2.05) is 17.5 Å². The second kappa shape index (κ2) is 4.96. The van der Waals surface area contributed by atoms with Gasteiger partial charge in [-0.2, -0.15) is 0 Å². The third-order valence-electron chi connectivity index (χ3n) is 2.00. The van der Waals surface area contributed by atoms with Gasteiger partial charge in [-0.3, -0.25) is 4.79 Å². The molecule has 0 amide bonds. The Balaban J connectivity index is 2.86. The van der Waals surface area contributed by atoms with Crippen LogP contribution >= 0.6 is 11.3 Å². The average Bonchev–Trinajstić information content (AvgIpc) is 2.61. The predicted octanol–water partition coefficient (Wildman–Crippen LogP) is 2.96. The van der Waals surface area contributed by atoms with Crippen molar-refractivity contribution in [3.05, 3.63) is 29.0 Å². The molecule has 0 atom stereocenters. The normalized spacial score (nSPS) is 10.2. The minimum Gasteiger partial charge on any atom is -0.365 e. The molecule has 0 aliphatic rings. The van der Waals surface area contributed by atoms with Gasteiger partial charge in [0.15, 0.2) is 6.29 Å². The monoisotopic (exact) mass is 209 g/mol. The first-order valence-electron chi connectivity index (χ1n) is 4.60. The topological polar surface area (TPSA) is 20.3 Å². The van der Waals surface area contributed by atoms with E-state index in [0.29, 0.717) is 6.04 Å². The van der Waals surface area contributed by atoms with Crippen LogP contribution in [0.15, 0.2) is 24.1 Å². The number of carbonyl (C=O) groups is 1. The van der Waals surface area contributed by atoms with Crippen LogP contribution < -0.4 is 4.90 Å². The summed E-state index contributed by atoms with van der Waals surface area (Å²) in [6.45, 7) is 8.79. The van der Waals surface area contributed by atoms with E-state index in [1.165, 1.54) is 11.3 Å². The number of hydrogen-bond acceptors (Lipinski definition) is 3. The van der Waals surface area contributed by atoms with E-state index in [-0.39, 0.29) is 0 Å². The molecule has 0 saturated heterocycles. The van der Waals surface area contributed by atoms with Gasteiger partial charge in [-0.15, -0.1) is 17.9 Å². The summed E-state index contributed by atoms with van der Waals surface area (Å²) in [5.74, 6) is 0. The van der Waals surface area contributed by atoms with E-state index in [2.05, 4.69) is 25.3 Å². The van der Waals surface area contributed by atoms with Gasteiger partial charge in [0, 0.05) is 23.7 Å². The zero-order valence-electron chi connectivity index (χ0n) is 8.56. The highest BCUT2D eigenvalue weighted by Crippen LogP contribution is 2.23. The lowest BCUT2D eigenvalue weighted by Gasteiger charge is -2.26. The molecule has 0 aromatic carbocycles. The van der Waals surface area contributed by atoms with Gasteiger partial charge in [-0.25, -0.2) is 0 Å². The van der Waals surface area contributed by atoms with Gasteiger partial charge in [0.2, 0.25) is 0 Å². The maximum atomic E-state index is 10.5. The van der Waals surface area contributed by atoms with Crippen molar-refractivity contribution in [3.8, 4) is 0 Å². The number of thiophene rings is 1. The number of anilines is 1. The second-order valence-electron chi connectivity index (χ2n) is 3.36. The maximum Gasteiger partial charge on any atom is 0.160 e. The molecule has 1 aromatic heterocycles. The smallest absolute Gasteiger partial charge is 0.160 e. The molecular weight excluding hydrogens is 194 g/mol. The molecule has 1 rings (SSSR count). The van der Waals surface area contributed by atoms with Crippen LogP contribution in [0.1, 0.15) is 23.5 Å². The standard InChI is InChI=1S/C11H15NOS/c1-4-5-12(9(2)3)10-6-11(7-13)14-8-10/h4,6-9H,1,5H2,2-3H3. The Labute approximate surface area is 88.9 Å². The molecular formula is C11H15NOS. The fourth-order valence-electron chi connectivity index (χ4n) is 1.31. The molecule has 0 aliphatic carbocycles. The minimum absolute atomic E-state index is 0.419. The first-order chi connectivity index (χ1) is 6.69. The summed E-state index contributed by atoms with van der Waals surface area (Å²) in [6, 6.07) is 2.34. The molecule has 3 heteroatoms. The van der Waals surface area contributed by atoms with Crippen molar-refractivity contribution in [1.82, 2.24) is 0 Å². The van der Waals surface area contributed by atoms with Crippen molar-refractivity contribution in [1.29, 1.82) is 0 Å². The molecule has 1 aromatic rings. The van der Waals surface area contributed by atoms with Gasteiger partial charge >= 0.3 is 0 Å². The summed E-state index contributed by atoms with van der Waals surface area (Å²) in [7, 11) is 0. The van der Waals surface area contributed by atoms with Crippen molar-refractivity contribution >= 4 is 23.3 Å². The largest absolute Gasteiger partial charge is 0.365 e. The van der Waals surface area contributed by atoms with Crippen LogP contribution in [0.2, 0.25) is 0 Å². The van der Waals surface area contributed by atoms with E-state index in [0.717, 1.165) is 23.4 Å². The fraction of sp³-hybridized carbons (Fsp3) is 0.364. The molecule has 0 spiro atoms. The van der Waals surface area contributed by atoms with Crippen LogP contribution in [0, 0.1) is 0 Å². The van der Waals surface area contributed by atoms with E-state index in [1.54, 1.807) is 0 Å². The summed E-state index contributed by atoms with van der Waals surface area (Å²) < 4.78 is 0.